The molecule has 0 amide bonds. The van der Waals surface area contributed by atoms with E-state index in [4.69, 9.17) is 23.2 Å². The van der Waals surface area contributed by atoms with Gasteiger partial charge in [-0.1, -0.05) is 0 Å². The van der Waals surface area contributed by atoms with E-state index >= 15 is 0 Å². The number of sulfonamides is 1. The zero-order valence-corrected chi connectivity index (χ0v) is 12.7. The SMILES string of the molecule is CN(C)S(=O)(=O)CCN(CCCl)CCCl.Cl. The van der Waals surface area contributed by atoms with Crippen molar-refractivity contribution in [2.24, 2.45) is 0 Å². The Morgan fingerprint density at radius 2 is 1.44 bits per heavy atom. The van der Waals surface area contributed by atoms with Crippen molar-refractivity contribution in [2.75, 3.05) is 51.2 Å². The average Bonchev–Trinajstić information content (AvgIpc) is 2.15. The van der Waals surface area contributed by atoms with Gasteiger partial charge in [-0.25, -0.2) is 12.7 Å². The molecule has 0 rings (SSSR count). The zero-order valence-electron chi connectivity index (χ0n) is 9.53. The molecule has 0 atom stereocenters. The average molecular weight is 314 g/mol. The van der Waals surface area contributed by atoms with E-state index in [1.807, 2.05) is 4.90 Å². The number of nitrogens with zero attached hydrogens (tertiary/aromatic N) is 2. The van der Waals surface area contributed by atoms with Gasteiger partial charge in [-0.2, -0.15) is 0 Å². The molecule has 0 aliphatic rings. The van der Waals surface area contributed by atoms with Gasteiger partial charge in [0.15, 0.2) is 0 Å². The first-order chi connectivity index (χ1) is 6.94. The summed E-state index contributed by atoms with van der Waals surface area (Å²) in [6.07, 6.45) is 0. The van der Waals surface area contributed by atoms with Gasteiger partial charge in [0, 0.05) is 45.5 Å². The second-order valence-corrected chi connectivity index (χ2v) is 6.38. The van der Waals surface area contributed by atoms with Crippen LogP contribution in [0.3, 0.4) is 0 Å². The number of hydrogen-bond donors (Lipinski definition) is 0. The maximum absolute atomic E-state index is 11.5. The third-order valence-corrected chi connectivity index (χ3v) is 4.17. The number of rotatable bonds is 8. The van der Waals surface area contributed by atoms with Gasteiger partial charge < -0.3 is 0 Å². The summed E-state index contributed by atoms with van der Waals surface area (Å²) in [4.78, 5) is 1.95. The van der Waals surface area contributed by atoms with E-state index in [0.717, 1.165) is 0 Å². The molecule has 0 aromatic carbocycles. The van der Waals surface area contributed by atoms with Crippen molar-refractivity contribution in [1.82, 2.24) is 9.21 Å². The van der Waals surface area contributed by atoms with E-state index in [1.165, 1.54) is 18.4 Å². The van der Waals surface area contributed by atoms with Gasteiger partial charge in [-0.05, 0) is 0 Å². The standard InChI is InChI=1S/C8H18Cl2N2O2S.ClH/c1-11(2)15(13,14)8-7-12(5-3-9)6-4-10;/h3-8H2,1-2H3;1H. The zero-order chi connectivity index (χ0) is 11.9. The van der Waals surface area contributed by atoms with E-state index in [-0.39, 0.29) is 18.2 Å². The molecule has 100 valence electrons. The molecule has 0 N–H and O–H groups in total. The van der Waals surface area contributed by atoms with Crippen molar-refractivity contribution in [1.29, 1.82) is 0 Å². The summed E-state index contributed by atoms with van der Waals surface area (Å²) in [5.74, 6) is 1.07. The quantitative estimate of drug-likeness (QED) is 0.630. The molecular formula is C8H19Cl3N2O2S. The third-order valence-electron chi connectivity index (χ3n) is 2.02. The molecule has 0 saturated carbocycles. The Balaban J connectivity index is 0. The highest BCUT2D eigenvalue weighted by Gasteiger charge is 2.15. The maximum atomic E-state index is 11.5. The Kier molecular flexibility index (Phi) is 11.6. The van der Waals surface area contributed by atoms with Gasteiger partial charge in [0.25, 0.3) is 0 Å². The van der Waals surface area contributed by atoms with E-state index in [1.54, 1.807) is 0 Å². The molecule has 0 aromatic heterocycles. The van der Waals surface area contributed by atoms with Crippen LogP contribution in [0.25, 0.3) is 0 Å². The Hall–Kier alpha value is 0.740. The fraction of sp³-hybridized carbons (Fsp3) is 1.00. The minimum absolute atomic E-state index is 0. The lowest BCUT2D eigenvalue weighted by atomic mass is 10.5. The topological polar surface area (TPSA) is 40.6 Å². The van der Waals surface area contributed by atoms with Crippen molar-refractivity contribution in [3.05, 3.63) is 0 Å². The van der Waals surface area contributed by atoms with Gasteiger partial charge in [0.05, 0.1) is 5.75 Å². The van der Waals surface area contributed by atoms with Crippen molar-refractivity contribution in [2.45, 2.75) is 0 Å². The predicted molar refractivity (Wildman–Crippen MR) is 72.6 cm³/mol. The lowest BCUT2D eigenvalue weighted by molar-refractivity contribution is 0.323. The summed E-state index contributed by atoms with van der Waals surface area (Å²) >= 11 is 11.2. The van der Waals surface area contributed by atoms with Crippen LogP contribution < -0.4 is 0 Å². The van der Waals surface area contributed by atoms with Gasteiger partial charge in [-0.15, -0.1) is 35.6 Å². The molecule has 0 spiro atoms. The molecule has 0 bridgehead atoms. The van der Waals surface area contributed by atoms with Crippen molar-refractivity contribution < 1.29 is 8.42 Å². The second-order valence-electron chi connectivity index (χ2n) is 3.32. The summed E-state index contributed by atoms with van der Waals surface area (Å²) in [7, 11) is -0.0633. The minimum Gasteiger partial charge on any atom is -0.300 e. The molecule has 0 aliphatic heterocycles. The highest BCUT2D eigenvalue weighted by atomic mass is 35.5. The van der Waals surface area contributed by atoms with Crippen LogP contribution >= 0.6 is 35.6 Å². The fourth-order valence-corrected chi connectivity index (χ4v) is 2.33. The van der Waals surface area contributed by atoms with Gasteiger partial charge in [0.2, 0.25) is 10.0 Å². The third kappa shape index (κ3) is 7.92. The second kappa shape index (κ2) is 9.74. The Labute approximate surface area is 114 Å². The normalized spacial score (nSPS) is 11.9. The Bertz CT molecular complexity index is 254. The largest absolute Gasteiger partial charge is 0.300 e. The molecule has 4 nitrogen and oxygen atoms in total. The van der Waals surface area contributed by atoms with Gasteiger partial charge in [0.1, 0.15) is 0 Å². The highest BCUT2D eigenvalue weighted by molar-refractivity contribution is 7.89. The first-order valence-corrected chi connectivity index (χ1v) is 7.36. The van der Waals surface area contributed by atoms with Crippen LogP contribution in [0.15, 0.2) is 0 Å². The van der Waals surface area contributed by atoms with Crippen LogP contribution in [0.5, 0.6) is 0 Å². The van der Waals surface area contributed by atoms with Crippen LogP contribution in [0.1, 0.15) is 0 Å². The molecule has 0 radical (unpaired) electrons. The van der Waals surface area contributed by atoms with E-state index < -0.39 is 10.0 Å². The van der Waals surface area contributed by atoms with Crippen LogP contribution in [0.4, 0.5) is 0 Å². The summed E-state index contributed by atoms with van der Waals surface area (Å²) in [5.41, 5.74) is 0. The molecule has 0 aliphatic carbocycles. The smallest absolute Gasteiger partial charge is 0.214 e. The monoisotopic (exact) mass is 312 g/mol. The lowest BCUT2D eigenvalue weighted by Gasteiger charge is -2.20. The molecule has 0 fully saturated rings. The minimum atomic E-state index is -3.12. The van der Waals surface area contributed by atoms with Crippen molar-refractivity contribution in [3.8, 4) is 0 Å². The lowest BCUT2D eigenvalue weighted by Crippen LogP contribution is -2.36. The number of alkyl halides is 2. The van der Waals surface area contributed by atoms with Crippen LogP contribution in [0.2, 0.25) is 0 Å². The van der Waals surface area contributed by atoms with Crippen molar-refractivity contribution in [3.63, 3.8) is 0 Å². The predicted octanol–water partition coefficient (Wildman–Crippen LogP) is 1.08. The molecule has 16 heavy (non-hydrogen) atoms. The van der Waals surface area contributed by atoms with E-state index in [2.05, 4.69) is 0 Å². The summed E-state index contributed by atoms with van der Waals surface area (Å²) in [5, 5.41) is 0. The molecular weight excluding hydrogens is 295 g/mol. The Morgan fingerprint density at radius 3 is 1.75 bits per heavy atom. The molecule has 0 saturated heterocycles. The number of halogens is 3. The Morgan fingerprint density at radius 1 is 1.00 bits per heavy atom. The summed E-state index contributed by atoms with van der Waals surface area (Å²) in [6, 6.07) is 0. The van der Waals surface area contributed by atoms with Crippen LogP contribution in [-0.2, 0) is 10.0 Å². The van der Waals surface area contributed by atoms with Gasteiger partial charge >= 0.3 is 0 Å². The highest BCUT2D eigenvalue weighted by Crippen LogP contribution is 1.98. The van der Waals surface area contributed by atoms with Crippen LogP contribution in [-0.4, -0.2) is 68.9 Å². The maximum Gasteiger partial charge on any atom is 0.214 e. The van der Waals surface area contributed by atoms with Gasteiger partial charge in [-0.3, -0.25) is 4.90 Å². The fourth-order valence-electron chi connectivity index (χ4n) is 1.00. The first-order valence-electron chi connectivity index (χ1n) is 4.68. The number of hydrogen-bond acceptors (Lipinski definition) is 3. The first kappa shape index (κ1) is 19.1. The molecule has 8 heteroatoms. The molecule has 0 heterocycles. The van der Waals surface area contributed by atoms with Crippen molar-refractivity contribution >= 4 is 45.6 Å². The summed E-state index contributed by atoms with van der Waals surface area (Å²) in [6.45, 7) is 1.80. The van der Waals surface area contributed by atoms with E-state index in [0.29, 0.717) is 31.4 Å². The molecule has 0 unspecified atom stereocenters. The van der Waals surface area contributed by atoms with E-state index in [9.17, 15) is 8.42 Å². The molecule has 0 aromatic rings. The summed E-state index contributed by atoms with van der Waals surface area (Å²) < 4.78 is 24.2. The van der Waals surface area contributed by atoms with Crippen LogP contribution in [0, 0.1) is 0 Å².